The summed E-state index contributed by atoms with van der Waals surface area (Å²) in [5, 5.41) is 0.0176. The lowest BCUT2D eigenvalue weighted by atomic mass is 10.2. The first-order chi connectivity index (χ1) is 7.38. The molecule has 0 saturated heterocycles. The highest BCUT2D eigenvalue weighted by Crippen LogP contribution is 2.24. The zero-order valence-corrected chi connectivity index (χ0v) is 9.72. The van der Waals surface area contributed by atoms with Crippen molar-refractivity contribution in [3.63, 3.8) is 0 Å². The molecule has 0 aliphatic rings. The Morgan fingerprint density at radius 1 is 1.25 bits per heavy atom. The van der Waals surface area contributed by atoms with Crippen LogP contribution in [0.4, 0.5) is 17.6 Å². The van der Waals surface area contributed by atoms with Crippen LogP contribution in [0.5, 0.6) is 0 Å². The minimum Gasteiger partial charge on any atom is -0.205 e. The Kier molecular flexibility index (Phi) is 4.92. The molecule has 0 heterocycles. The zero-order valence-electron chi connectivity index (χ0n) is 8.15. The fraction of sp³-hybridized carbons (Fsp3) is 0.400. The van der Waals surface area contributed by atoms with Gasteiger partial charge in [-0.15, -0.1) is 0 Å². The Morgan fingerprint density at radius 2 is 1.94 bits per heavy atom. The standard InChI is InChI=1S/C10H9ClF4S/c11-8-2-1-7(5-9(8)12)6-16-4-3-10(13,14)15/h1-2,5H,3-4,6H2. The van der Waals surface area contributed by atoms with Crippen LogP contribution in [0.1, 0.15) is 12.0 Å². The van der Waals surface area contributed by atoms with Crippen molar-refractivity contribution in [3.05, 3.63) is 34.6 Å². The van der Waals surface area contributed by atoms with E-state index in [1.165, 1.54) is 12.1 Å². The van der Waals surface area contributed by atoms with Gasteiger partial charge < -0.3 is 0 Å². The van der Waals surface area contributed by atoms with E-state index in [2.05, 4.69) is 0 Å². The Morgan fingerprint density at radius 3 is 2.50 bits per heavy atom. The molecule has 0 N–H and O–H groups in total. The summed E-state index contributed by atoms with van der Waals surface area (Å²) in [4.78, 5) is 0. The minimum atomic E-state index is -4.13. The van der Waals surface area contributed by atoms with E-state index in [1.807, 2.05) is 0 Å². The van der Waals surface area contributed by atoms with E-state index >= 15 is 0 Å². The van der Waals surface area contributed by atoms with Crippen molar-refractivity contribution in [3.8, 4) is 0 Å². The summed E-state index contributed by atoms with van der Waals surface area (Å²) in [6, 6.07) is 4.24. The normalized spacial score (nSPS) is 11.8. The predicted octanol–water partition coefficient (Wildman–Crippen LogP) is 4.66. The van der Waals surface area contributed by atoms with Gasteiger partial charge in [-0.2, -0.15) is 24.9 Å². The lowest BCUT2D eigenvalue weighted by molar-refractivity contribution is -0.129. The largest absolute Gasteiger partial charge is 0.389 e. The SMILES string of the molecule is Fc1cc(CSCCC(F)(F)F)ccc1Cl. The summed E-state index contributed by atoms with van der Waals surface area (Å²) in [5.74, 6) is -0.214. The summed E-state index contributed by atoms with van der Waals surface area (Å²) >= 11 is 6.59. The van der Waals surface area contributed by atoms with Crippen LogP contribution in [0.15, 0.2) is 18.2 Å². The molecule has 16 heavy (non-hydrogen) atoms. The maximum absolute atomic E-state index is 13.0. The summed E-state index contributed by atoms with van der Waals surface area (Å²) in [6.07, 6.45) is -4.95. The first kappa shape index (κ1) is 13.6. The summed E-state index contributed by atoms with van der Waals surface area (Å²) in [7, 11) is 0. The van der Waals surface area contributed by atoms with E-state index < -0.39 is 18.4 Å². The molecule has 0 saturated carbocycles. The summed E-state index contributed by atoms with van der Waals surface area (Å²) < 4.78 is 48.4. The molecule has 0 atom stereocenters. The van der Waals surface area contributed by atoms with Gasteiger partial charge >= 0.3 is 6.18 Å². The van der Waals surface area contributed by atoms with E-state index in [4.69, 9.17) is 11.6 Å². The van der Waals surface area contributed by atoms with E-state index in [1.54, 1.807) is 6.07 Å². The van der Waals surface area contributed by atoms with E-state index in [0.717, 1.165) is 11.8 Å². The highest BCUT2D eigenvalue weighted by molar-refractivity contribution is 7.98. The van der Waals surface area contributed by atoms with E-state index in [9.17, 15) is 17.6 Å². The van der Waals surface area contributed by atoms with Crippen LogP contribution in [0.25, 0.3) is 0 Å². The van der Waals surface area contributed by atoms with Gasteiger partial charge in [0.15, 0.2) is 0 Å². The summed E-state index contributed by atoms with van der Waals surface area (Å²) in [6.45, 7) is 0. The second-order valence-corrected chi connectivity index (χ2v) is 4.68. The molecule has 0 spiro atoms. The molecule has 0 bridgehead atoms. The van der Waals surface area contributed by atoms with Gasteiger partial charge in [-0.1, -0.05) is 17.7 Å². The van der Waals surface area contributed by atoms with Gasteiger partial charge in [0.1, 0.15) is 5.82 Å². The molecule has 0 aliphatic carbocycles. The topological polar surface area (TPSA) is 0 Å². The van der Waals surface area contributed by atoms with Crippen molar-refractivity contribution in [2.24, 2.45) is 0 Å². The molecule has 0 amide bonds. The monoisotopic (exact) mass is 272 g/mol. The van der Waals surface area contributed by atoms with Gasteiger partial charge in [-0.25, -0.2) is 4.39 Å². The zero-order chi connectivity index (χ0) is 12.2. The van der Waals surface area contributed by atoms with E-state index in [0.29, 0.717) is 11.3 Å². The number of alkyl halides is 3. The van der Waals surface area contributed by atoms with Crippen LogP contribution in [0.2, 0.25) is 5.02 Å². The van der Waals surface area contributed by atoms with Crippen molar-refractivity contribution in [2.75, 3.05) is 5.75 Å². The average molecular weight is 273 g/mol. The van der Waals surface area contributed by atoms with Crippen molar-refractivity contribution in [2.45, 2.75) is 18.3 Å². The molecule has 0 aliphatic heterocycles. The Labute approximate surface area is 100.0 Å². The maximum Gasteiger partial charge on any atom is 0.389 e. The quantitative estimate of drug-likeness (QED) is 0.567. The highest BCUT2D eigenvalue weighted by atomic mass is 35.5. The van der Waals surface area contributed by atoms with Crippen LogP contribution in [-0.2, 0) is 5.75 Å². The van der Waals surface area contributed by atoms with Crippen molar-refractivity contribution < 1.29 is 17.6 Å². The third kappa shape index (κ3) is 5.07. The van der Waals surface area contributed by atoms with Gasteiger partial charge in [0.25, 0.3) is 0 Å². The number of halogens is 5. The van der Waals surface area contributed by atoms with Crippen LogP contribution in [-0.4, -0.2) is 11.9 Å². The smallest absolute Gasteiger partial charge is 0.205 e. The maximum atomic E-state index is 13.0. The molecule has 6 heteroatoms. The van der Waals surface area contributed by atoms with Crippen LogP contribution >= 0.6 is 23.4 Å². The van der Waals surface area contributed by atoms with Crippen LogP contribution < -0.4 is 0 Å². The summed E-state index contributed by atoms with van der Waals surface area (Å²) in [5.41, 5.74) is 0.633. The van der Waals surface area contributed by atoms with Crippen LogP contribution in [0.3, 0.4) is 0 Å². The molecule has 0 fully saturated rings. The van der Waals surface area contributed by atoms with Crippen molar-refractivity contribution >= 4 is 23.4 Å². The second kappa shape index (κ2) is 5.77. The molecule has 0 aromatic heterocycles. The number of rotatable bonds is 4. The molecule has 0 radical (unpaired) electrons. The lowest BCUT2D eigenvalue weighted by Gasteiger charge is -2.06. The molecule has 1 aromatic carbocycles. The number of benzene rings is 1. The Balaban J connectivity index is 2.35. The fourth-order valence-electron chi connectivity index (χ4n) is 1.01. The van der Waals surface area contributed by atoms with Crippen LogP contribution in [0, 0.1) is 5.82 Å². The van der Waals surface area contributed by atoms with E-state index in [-0.39, 0.29) is 10.8 Å². The predicted molar refractivity (Wildman–Crippen MR) is 58.2 cm³/mol. The lowest BCUT2D eigenvalue weighted by Crippen LogP contribution is -2.08. The second-order valence-electron chi connectivity index (χ2n) is 3.17. The average Bonchev–Trinajstić information content (AvgIpc) is 2.17. The third-order valence-electron chi connectivity index (χ3n) is 1.78. The molecule has 1 rings (SSSR count). The first-order valence-corrected chi connectivity index (χ1v) is 6.00. The molecular weight excluding hydrogens is 264 g/mol. The molecule has 1 aromatic rings. The minimum absolute atomic E-state index is 0.0176. The highest BCUT2D eigenvalue weighted by Gasteiger charge is 2.26. The molecule has 90 valence electrons. The van der Waals surface area contributed by atoms with Crippen molar-refractivity contribution in [1.29, 1.82) is 0 Å². The molecule has 0 unspecified atom stereocenters. The number of hydrogen-bond donors (Lipinski definition) is 0. The number of hydrogen-bond acceptors (Lipinski definition) is 1. The van der Waals surface area contributed by atoms with Gasteiger partial charge in [-0.3, -0.25) is 0 Å². The fourth-order valence-corrected chi connectivity index (χ4v) is 2.06. The molecular formula is C10H9ClF4S. The first-order valence-electron chi connectivity index (χ1n) is 4.47. The third-order valence-corrected chi connectivity index (χ3v) is 3.12. The van der Waals surface area contributed by atoms with Gasteiger partial charge in [0, 0.05) is 11.5 Å². The van der Waals surface area contributed by atoms with Gasteiger partial charge in [0.2, 0.25) is 0 Å². The Bertz CT molecular complexity index is 351. The Hall–Kier alpha value is -0.420. The molecule has 0 nitrogen and oxygen atoms in total. The van der Waals surface area contributed by atoms with Crippen molar-refractivity contribution in [1.82, 2.24) is 0 Å². The van der Waals surface area contributed by atoms with Gasteiger partial charge in [-0.05, 0) is 17.7 Å². The van der Waals surface area contributed by atoms with Gasteiger partial charge in [0.05, 0.1) is 11.4 Å². The number of thioether (sulfide) groups is 1.